The van der Waals surface area contributed by atoms with Crippen LogP contribution in [0.15, 0.2) is 8.52 Å². The quantitative estimate of drug-likeness (QED) is 0.833. The minimum atomic E-state index is -0.183. The molecule has 1 heterocycles. The van der Waals surface area contributed by atoms with Gasteiger partial charge in [0.15, 0.2) is 3.92 Å². The lowest BCUT2D eigenvalue weighted by molar-refractivity contribution is 0.0937. The van der Waals surface area contributed by atoms with E-state index < -0.39 is 0 Å². The van der Waals surface area contributed by atoms with Crippen molar-refractivity contribution in [2.45, 2.75) is 6.92 Å². The van der Waals surface area contributed by atoms with Crippen LogP contribution in [0.25, 0.3) is 0 Å². The van der Waals surface area contributed by atoms with Gasteiger partial charge in [0, 0.05) is 6.54 Å². The average Bonchev–Trinajstić information content (AvgIpc) is 2.41. The van der Waals surface area contributed by atoms with Gasteiger partial charge in [0.05, 0.1) is 0 Å². The number of carbonyl (C=O) groups excluding carboxylic acids is 1. The average molecular weight is 329 g/mol. The van der Waals surface area contributed by atoms with E-state index in [2.05, 4.69) is 47.7 Å². The topological polar surface area (TPSA) is 54.0 Å². The number of aromatic nitrogens is 1. The molecule has 13 heavy (non-hydrogen) atoms. The molecule has 0 aliphatic heterocycles. The molecule has 4 nitrogen and oxygen atoms in total. The Balaban J connectivity index is 2.70. The summed E-state index contributed by atoms with van der Waals surface area (Å²) >= 11 is 7.67. The van der Waals surface area contributed by atoms with Gasteiger partial charge in [-0.2, -0.15) is 0 Å². The zero-order chi connectivity index (χ0) is 9.84. The molecule has 0 atom stereocenters. The molecule has 0 bridgehead atoms. The predicted octanol–water partition coefficient (Wildman–Crippen LogP) is 1.92. The van der Waals surface area contributed by atoms with Crippen molar-refractivity contribution in [1.82, 2.24) is 15.8 Å². The number of hydrazine groups is 1. The second-order valence-electron chi connectivity index (χ2n) is 2.07. The normalized spacial score (nSPS) is 10.1. The molecule has 0 aromatic carbocycles. The van der Waals surface area contributed by atoms with Crippen molar-refractivity contribution < 1.29 is 4.79 Å². The van der Waals surface area contributed by atoms with Gasteiger partial charge < -0.3 is 0 Å². The Kier molecular flexibility index (Phi) is 4.30. The van der Waals surface area contributed by atoms with Gasteiger partial charge in [0.1, 0.15) is 9.48 Å². The van der Waals surface area contributed by atoms with Crippen LogP contribution >= 0.6 is 43.2 Å². The van der Waals surface area contributed by atoms with Crippen LogP contribution in [-0.4, -0.2) is 17.4 Å². The maximum atomic E-state index is 11.4. The van der Waals surface area contributed by atoms with Gasteiger partial charge in [0.25, 0.3) is 5.91 Å². The monoisotopic (exact) mass is 327 g/mol. The third-order valence-corrected chi connectivity index (χ3v) is 3.49. The van der Waals surface area contributed by atoms with Crippen molar-refractivity contribution in [2.24, 2.45) is 0 Å². The Morgan fingerprint density at radius 2 is 2.31 bits per heavy atom. The Morgan fingerprint density at radius 1 is 1.62 bits per heavy atom. The molecule has 1 aromatic rings. The maximum Gasteiger partial charge on any atom is 0.278 e. The van der Waals surface area contributed by atoms with Crippen molar-refractivity contribution in [1.29, 1.82) is 0 Å². The van der Waals surface area contributed by atoms with Crippen LogP contribution in [0.3, 0.4) is 0 Å². The standard InChI is InChI=1S/C6H7Br2N3OS/c1-2-9-11-5(12)3-4(7)10-6(8)13-3/h9H,2H2,1H3,(H,11,12). The first-order valence-corrected chi connectivity index (χ1v) is 5.90. The summed E-state index contributed by atoms with van der Waals surface area (Å²) < 4.78 is 1.24. The number of rotatable bonds is 3. The Labute approximate surface area is 96.4 Å². The lowest BCUT2D eigenvalue weighted by Gasteiger charge is -2.01. The molecule has 72 valence electrons. The van der Waals surface area contributed by atoms with E-state index >= 15 is 0 Å². The first kappa shape index (κ1) is 11.1. The van der Waals surface area contributed by atoms with E-state index in [0.29, 0.717) is 19.9 Å². The van der Waals surface area contributed by atoms with Crippen molar-refractivity contribution >= 4 is 49.1 Å². The zero-order valence-electron chi connectivity index (χ0n) is 6.73. The lowest BCUT2D eigenvalue weighted by Crippen LogP contribution is -2.36. The summed E-state index contributed by atoms with van der Waals surface area (Å²) in [5.74, 6) is -0.183. The van der Waals surface area contributed by atoms with E-state index in [1.165, 1.54) is 11.3 Å². The SMILES string of the molecule is CCNNC(=O)c1sc(Br)nc1Br. The van der Waals surface area contributed by atoms with Gasteiger partial charge in [-0.05, 0) is 31.9 Å². The number of nitrogens with zero attached hydrogens (tertiary/aromatic N) is 1. The molecule has 0 spiro atoms. The van der Waals surface area contributed by atoms with Gasteiger partial charge in [0.2, 0.25) is 0 Å². The van der Waals surface area contributed by atoms with E-state index in [4.69, 9.17) is 0 Å². The zero-order valence-corrected chi connectivity index (χ0v) is 10.7. The molecular weight excluding hydrogens is 322 g/mol. The molecule has 0 aliphatic rings. The highest BCUT2D eigenvalue weighted by molar-refractivity contribution is 9.11. The van der Waals surface area contributed by atoms with Crippen LogP contribution in [0.1, 0.15) is 16.6 Å². The summed E-state index contributed by atoms with van der Waals surface area (Å²) in [6.07, 6.45) is 0. The second kappa shape index (κ2) is 5.04. The summed E-state index contributed by atoms with van der Waals surface area (Å²) in [6.45, 7) is 2.58. The smallest absolute Gasteiger partial charge is 0.278 e. The van der Waals surface area contributed by atoms with Gasteiger partial charge in [-0.15, -0.1) is 11.3 Å². The van der Waals surface area contributed by atoms with E-state index in [9.17, 15) is 4.79 Å². The lowest BCUT2D eigenvalue weighted by atomic mass is 10.5. The van der Waals surface area contributed by atoms with E-state index in [-0.39, 0.29) is 5.91 Å². The highest BCUT2D eigenvalue weighted by Crippen LogP contribution is 2.26. The molecular formula is C6H7Br2N3OS. The molecule has 0 radical (unpaired) electrons. The van der Waals surface area contributed by atoms with Gasteiger partial charge in [-0.1, -0.05) is 6.92 Å². The van der Waals surface area contributed by atoms with Crippen molar-refractivity contribution in [3.8, 4) is 0 Å². The third-order valence-electron chi connectivity index (χ3n) is 1.14. The molecule has 0 saturated heterocycles. The van der Waals surface area contributed by atoms with Gasteiger partial charge in [-0.3, -0.25) is 10.2 Å². The highest BCUT2D eigenvalue weighted by Gasteiger charge is 2.14. The summed E-state index contributed by atoms with van der Waals surface area (Å²) in [6, 6.07) is 0. The number of nitrogens with one attached hydrogen (secondary N) is 2. The number of amides is 1. The molecule has 1 aromatic heterocycles. The van der Waals surface area contributed by atoms with Gasteiger partial charge >= 0.3 is 0 Å². The predicted molar refractivity (Wildman–Crippen MR) is 58.7 cm³/mol. The Bertz CT molecular complexity index is 315. The summed E-state index contributed by atoms with van der Waals surface area (Å²) in [5, 5.41) is 0. The van der Waals surface area contributed by atoms with Crippen molar-refractivity contribution in [3.63, 3.8) is 0 Å². The van der Waals surface area contributed by atoms with E-state index in [1.807, 2.05) is 6.92 Å². The molecule has 0 aliphatic carbocycles. The van der Waals surface area contributed by atoms with Gasteiger partial charge in [-0.25, -0.2) is 10.4 Å². The Morgan fingerprint density at radius 3 is 2.77 bits per heavy atom. The van der Waals surface area contributed by atoms with Crippen LogP contribution in [0.4, 0.5) is 0 Å². The molecule has 7 heteroatoms. The van der Waals surface area contributed by atoms with E-state index in [1.54, 1.807) is 0 Å². The number of carbonyl (C=O) groups is 1. The fraction of sp³-hybridized carbons (Fsp3) is 0.333. The first-order chi connectivity index (χ1) is 6.15. The van der Waals surface area contributed by atoms with Crippen LogP contribution in [-0.2, 0) is 0 Å². The molecule has 0 unspecified atom stereocenters. The fourth-order valence-corrected chi connectivity index (χ4v) is 2.84. The third kappa shape index (κ3) is 3.01. The van der Waals surface area contributed by atoms with E-state index in [0.717, 1.165) is 0 Å². The second-order valence-corrected chi connectivity index (χ2v) is 5.10. The largest absolute Gasteiger partial charge is 0.287 e. The van der Waals surface area contributed by atoms with Crippen molar-refractivity contribution in [3.05, 3.63) is 13.4 Å². The van der Waals surface area contributed by atoms with Crippen molar-refractivity contribution in [2.75, 3.05) is 6.54 Å². The number of halogens is 2. The summed E-state index contributed by atoms with van der Waals surface area (Å²) in [7, 11) is 0. The van der Waals surface area contributed by atoms with Crippen LogP contribution in [0.5, 0.6) is 0 Å². The molecule has 1 rings (SSSR count). The fourth-order valence-electron chi connectivity index (χ4n) is 0.643. The number of hydrogen-bond acceptors (Lipinski definition) is 4. The summed E-state index contributed by atoms with van der Waals surface area (Å²) in [4.78, 5) is 15.9. The maximum absolute atomic E-state index is 11.4. The van der Waals surface area contributed by atoms with Crippen LogP contribution in [0.2, 0.25) is 0 Å². The highest BCUT2D eigenvalue weighted by atomic mass is 79.9. The molecule has 0 saturated carbocycles. The number of hydrogen-bond donors (Lipinski definition) is 2. The molecule has 0 fully saturated rings. The minimum Gasteiger partial charge on any atom is -0.287 e. The molecule has 1 amide bonds. The molecule has 2 N–H and O–H groups in total. The Hall–Kier alpha value is 0.0200. The number of thiazole rings is 1. The van der Waals surface area contributed by atoms with Crippen LogP contribution < -0.4 is 10.9 Å². The van der Waals surface area contributed by atoms with Crippen LogP contribution in [0, 0.1) is 0 Å². The minimum absolute atomic E-state index is 0.183. The first-order valence-electron chi connectivity index (χ1n) is 3.50. The summed E-state index contributed by atoms with van der Waals surface area (Å²) in [5.41, 5.74) is 5.26.